The molecule has 0 aromatic rings. The molecule has 82 valence electrons. The van der Waals surface area contributed by atoms with Crippen LogP contribution >= 0.6 is 0 Å². The van der Waals surface area contributed by atoms with Crippen LogP contribution in [0.15, 0.2) is 0 Å². The fraction of sp³-hybridized carbons (Fsp3) is 0.889. The van der Waals surface area contributed by atoms with Crippen LogP contribution in [-0.2, 0) is 4.74 Å². The van der Waals surface area contributed by atoms with E-state index in [2.05, 4.69) is 16.2 Å². The third-order valence-corrected chi connectivity index (χ3v) is 1.84. The van der Waals surface area contributed by atoms with Crippen LogP contribution in [0.2, 0.25) is 0 Å². The Labute approximate surface area is 84.5 Å². The van der Waals surface area contributed by atoms with Gasteiger partial charge >= 0.3 is 6.09 Å². The minimum atomic E-state index is -0.445. The van der Waals surface area contributed by atoms with E-state index in [0.29, 0.717) is 6.04 Å². The van der Waals surface area contributed by atoms with Gasteiger partial charge in [0.05, 0.1) is 0 Å². The molecule has 0 spiro atoms. The van der Waals surface area contributed by atoms with E-state index in [1.54, 1.807) is 0 Å². The quantitative estimate of drug-likeness (QED) is 0.565. The Balaban J connectivity index is 2.14. The van der Waals surface area contributed by atoms with Gasteiger partial charge in [-0.15, -0.1) is 0 Å². The molecule has 1 heterocycles. The molecule has 14 heavy (non-hydrogen) atoms. The van der Waals surface area contributed by atoms with Crippen molar-refractivity contribution in [2.45, 2.75) is 38.8 Å². The zero-order valence-electron chi connectivity index (χ0n) is 9.02. The number of hydrazine groups is 1. The van der Waals surface area contributed by atoms with Crippen molar-refractivity contribution in [2.24, 2.45) is 0 Å². The molecule has 3 N–H and O–H groups in total. The average molecular weight is 201 g/mol. The Morgan fingerprint density at radius 2 is 2.21 bits per heavy atom. The van der Waals surface area contributed by atoms with E-state index in [9.17, 15) is 4.79 Å². The predicted molar refractivity (Wildman–Crippen MR) is 53.8 cm³/mol. The van der Waals surface area contributed by atoms with Crippen LogP contribution in [0.5, 0.6) is 0 Å². The maximum absolute atomic E-state index is 11.2. The molecule has 5 heteroatoms. The van der Waals surface area contributed by atoms with E-state index < -0.39 is 11.7 Å². The zero-order chi connectivity index (χ0) is 10.6. The predicted octanol–water partition coefficient (Wildman–Crippen LogP) is 0.378. The molecule has 1 amide bonds. The fourth-order valence-electron chi connectivity index (χ4n) is 1.24. The van der Waals surface area contributed by atoms with Crippen LogP contribution in [0.4, 0.5) is 4.79 Å². The first-order valence-electron chi connectivity index (χ1n) is 4.92. The summed E-state index contributed by atoms with van der Waals surface area (Å²) in [5, 5.41) is 3.19. The van der Waals surface area contributed by atoms with Gasteiger partial charge in [0.25, 0.3) is 0 Å². The summed E-state index contributed by atoms with van der Waals surface area (Å²) < 4.78 is 5.06. The van der Waals surface area contributed by atoms with Crippen LogP contribution < -0.4 is 16.2 Å². The molecular formula is C9H19N3O2. The number of carbonyl (C=O) groups is 1. The first-order chi connectivity index (χ1) is 6.47. The lowest BCUT2D eigenvalue weighted by Crippen LogP contribution is -2.47. The van der Waals surface area contributed by atoms with E-state index in [-0.39, 0.29) is 0 Å². The van der Waals surface area contributed by atoms with E-state index in [1.165, 1.54) is 0 Å². The summed E-state index contributed by atoms with van der Waals surface area (Å²) in [5.74, 6) is 0. The standard InChI is InChI=1S/C9H19N3O2/c1-9(2,3)14-8(13)12-11-7-4-5-10-6-7/h7,10-11H,4-6H2,1-3H3,(H,12,13)/t7-/m1/s1. The van der Waals surface area contributed by atoms with E-state index >= 15 is 0 Å². The van der Waals surface area contributed by atoms with Crippen LogP contribution in [0.25, 0.3) is 0 Å². The SMILES string of the molecule is CC(C)(C)OC(=O)NN[C@@H]1CCNC1. The smallest absolute Gasteiger partial charge is 0.422 e. The number of rotatable bonds is 2. The van der Waals surface area contributed by atoms with E-state index in [1.807, 2.05) is 20.8 Å². The maximum Gasteiger partial charge on any atom is 0.422 e. The Morgan fingerprint density at radius 3 is 2.71 bits per heavy atom. The molecule has 0 saturated carbocycles. The van der Waals surface area contributed by atoms with Gasteiger partial charge < -0.3 is 10.1 Å². The summed E-state index contributed by atoms with van der Waals surface area (Å²) in [6, 6.07) is 0.308. The first kappa shape index (κ1) is 11.3. The Bertz CT molecular complexity index is 195. The summed E-state index contributed by atoms with van der Waals surface area (Å²) in [6.07, 6.45) is 0.597. The van der Waals surface area contributed by atoms with Crippen LogP contribution in [-0.4, -0.2) is 30.8 Å². The second-order valence-corrected chi connectivity index (χ2v) is 4.46. The van der Waals surface area contributed by atoms with Gasteiger partial charge in [-0.25, -0.2) is 10.2 Å². The molecule has 1 rings (SSSR count). The van der Waals surface area contributed by atoms with Gasteiger partial charge in [-0.05, 0) is 33.7 Å². The molecule has 5 nitrogen and oxygen atoms in total. The minimum absolute atomic E-state index is 0.308. The number of ether oxygens (including phenoxy) is 1. The molecule has 0 aliphatic carbocycles. The molecule has 0 unspecified atom stereocenters. The molecule has 0 aromatic carbocycles. The third-order valence-electron chi connectivity index (χ3n) is 1.84. The van der Waals surface area contributed by atoms with E-state index in [4.69, 9.17) is 4.74 Å². The summed E-state index contributed by atoms with van der Waals surface area (Å²) >= 11 is 0. The molecule has 0 aromatic heterocycles. The highest BCUT2D eigenvalue weighted by Crippen LogP contribution is 2.06. The summed E-state index contributed by atoms with van der Waals surface area (Å²) in [6.45, 7) is 7.39. The number of amides is 1. The number of nitrogens with one attached hydrogen (secondary N) is 3. The second-order valence-electron chi connectivity index (χ2n) is 4.46. The minimum Gasteiger partial charge on any atom is -0.443 e. The molecule has 0 bridgehead atoms. The topological polar surface area (TPSA) is 62.4 Å². The van der Waals surface area contributed by atoms with Crippen LogP contribution in [0.3, 0.4) is 0 Å². The van der Waals surface area contributed by atoms with Gasteiger partial charge in [-0.2, -0.15) is 0 Å². The maximum atomic E-state index is 11.2. The normalized spacial score (nSPS) is 22.1. The molecular weight excluding hydrogens is 182 g/mol. The van der Waals surface area contributed by atoms with Gasteiger partial charge in [-0.3, -0.25) is 5.43 Å². The second kappa shape index (κ2) is 4.61. The van der Waals surface area contributed by atoms with Gasteiger partial charge in [0.1, 0.15) is 5.60 Å². The molecule has 1 aliphatic rings. The Hall–Kier alpha value is -0.810. The number of hydrogen-bond acceptors (Lipinski definition) is 4. The van der Waals surface area contributed by atoms with Crippen molar-refractivity contribution < 1.29 is 9.53 Å². The van der Waals surface area contributed by atoms with Gasteiger partial charge in [0.2, 0.25) is 0 Å². The molecule has 1 fully saturated rings. The summed E-state index contributed by atoms with van der Waals surface area (Å²) in [4.78, 5) is 11.2. The van der Waals surface area contributed by atoms with Crippen molar-refractivity contribution in [3.05, 3.63) is 0 Å². The van der Waals surface area contributed by atoms with Crippen molar-refractivity contribution in [3.8, 4) is 0 Å². The highest BCUT2D eigenvalue weighted by molar-refractivity contribution is 5.67. The van der Waals surface area contributed by atoms with Crippen molar-refractivity contribution in [3.63, 3.8) is 0 Å². The Kier molecular flexibility index (Phi) is 3.71. The third kappa shape index (κ3) is 4.43. The highest BCUT2D eigenvalue weighted by atomic mass is 16.6. The lowest BCUT2D eigenvalue weighted by molar-refractivity contribution is 0.0489. The summed E-state index contributed by atoms with van der Waals surface area (Å²) in [7, 11) is 0. The summed E-state index contributed by atoms with van der Waals surface area (Å²) in [5.41, 5.74) is 5.00. The average Bonchev–Trinajstić information content (AvgIpc) is 2.49. The van der Waals surface area contributed by atoms with Gasteiger partial charge in [0, 0.05) is 12.6 Å². The van der Waals surface area contributed by atoms with Crippen LogP contribution in [0, 0.1) is 0 Å². The zero-order valence-corrected chi connectivity index (χ0v) is 9.02. The number of carbonyl (C=O) groups excluding carboxylic acids is 1. The van der Waals surface area contributed by atoms with Crippen molar-refractivity contribution in [1.29, 1.82) is 0 Å². The molecule has 1 atom stereocenters. The monoisotopic (exact) mass is 201 g/mol. The molecule has 1 aliphatic heterocycles. The lowest BCUT2D eigenvalue weighted by Gasteiger charge is -2.20. The number of hydrogen-bond donors (Lipinski definition) is 3. The van der Waals surface area contributed by atoms with Gasteiger partial charge in [-0.1, -0.05) is 0 Å². The van der Waals surface area contributed by atoms with E-state index in [0.717, 1.165) is 19.5 Å². The Morgan fingerprint density at radius 1 is 1.50 bits per heavy atom. The molecule has 1 saturated heterocycles. The molecule has 0 radical (unpaired) electrons. The van der Waals surface area contributed by atoms with Crippen molar-refractivity contribution >= 4 is 6.09 Å². The van der Waals surface area contributed by atoms with Gasteiger partial charge in [0.15, 0.2) is 0 Å². The van der Waals surface area contributed by atoms with Crippen LogP contribution in [0.1, 0.15) is 27.2 Å². The van der Waals surface area contributed by atoms with Crippen molar-refractivity contribution in [2.75, 3.05) is 13.1 Å². The van der Waals surface area contributed by atoms with Crippen molar-refractivity contribution in [1.82, 2.24) is 16.2 Å². The highest BCUT2D eigenvalue weighted by Gasteiger charge is 2.18. The lowest BCUT2D eigenvalue weighted by atomic mass is 10.2. The largest absolute Gasteiger partial charge is 0.443 e. The fourth-order valence-corrected chi connectivity index (χ4v) is 1.24. The first-order valence-corrected chi connectivity index (χ1v) is 4.92.